The van der Waals surface area contributed by atoms with Crippen molar-refractivity contribution in [3.63, 3.8) is 0 Å². The van der Waals surface area contributed by atoms with Crippen LogP contribution in [0.4, 0.5) is 0 Å². The maximum atomic E-state index is 12.2. The minimum absolute atomic E-state index is 0.0776. The molecule has 0 aliphatic carbocycles. The Morgan fingerprint density at radius 1 is 1.33 bits per heavy atom. The third-order valence-electron chi connectivity index (χ3n) is 2.48. The van der Waals surface area contributed by atoms with Crippen LogP contribution in [0, 0.1) is 0 Å². The van der Waals surface area contributed by atoms with Crippen molar-refractivity contribution < 1.29 is 13.5 Å². The third-order valence-corrected chi connectivity index (χ3v) is 4.95. The number of aliphatic hydroxyl groups excluding tert-OH is 1. The Hall–Kier alpha value is -0.330. The van der Waals surface area contributed by atoms with Gasteiger partial charge in [-0.3, -0.25) is 0 Å². The number of halogens is 2. The van der Waals surface area contributed by atoms with Gasteiger partial charge in [0.2, 0.25) is 10.0 Å². The monoisotopic (exact) mass is 311 g/mol. The average Bonchev–Trinajstić information content (AvgIpc) is 2.27. The summed E-state index contributed by atoms with van der Waals surface area (Å²) in [5, 5.41) is 9.01. The maximum Gasteiger partial charge on any atom is 0.243 e. The second kappa shape index (κ2) is 6.73. The lowest BCUT2D eigenvalue weighted by atomic mass is 10.2. The van der Waals surface area contributed by atoms with Crippen LogP contribution in [0.15, 0.2) is 23.1 Å². The van der Waals surface area contributed by atoms with E-state index in [9.17, 15) is 8.42 Å². The number of aliphatic hydroxyl groups is 1. The molecule has 0 aliphatic rings. The molecule has 0 fully saturated rings. The van der Waals surface area contributed by atoms with Crippen LogP contribution in [0.5, 0.6) is 0 Å². The van der Waals surface area contributed by atoms with E-state index >= 15 is 0 Å². The fraction of sp³-hybridized carbons (Fsp3) is 0.455. The SMILES string of the molecule is CCC(CCO)NS(=O)(=O)c1c(Cl)cccc1Cl. The first-order valence-electron chi connectivity index (χ1n) is 5.49. The summed E-state index contributed by atoms with van der Waals surface area (Å²) in [6.07, 6.45) is 0.916. The van der Waals surface area contributed by atoms with Crippen molar-refractivity contribution in [2.75, 3.05) is 6.61 Å². The largest absolute Gasteiger partial charge is 0.396 e. The van der Waals surface area contributed by atoms with Gasteiger partial charge in [-0.05, 0) is 25.0 Å². The summed E-state index contributed by atoms with van der Waals surface area (Å²) < 4.78 is 26.8. The normalized spacial score (nSPS) is 13.6. The molecule has 1 aromatic carbocycles. The average molecular weight is 312 g/mol. The minimum atomic E-state index is -3.78. The Bertz CT molecular complexity index is 485. The van der Waals surface area contributed by atoms with Gasteiger partial charge in [0.05, 0.1) is 10.0 Å². The van der Waals surface area contributed by atoms with Crippen LogP contribution in [0.25, 0.3) is 0 Å². The van der Waals surface area contributed by atoms with Crippen LogP contribution in [0.3, 0.4) is 0 Å². The first kappa shape index (κ1) is 15.7. The molecule has 0 aromatic heterocycles. The number of nitrogens with one attached hydrogen (secondary N) is 1. The highest BCUT2D eigenvalue weighted by Gasteiger charge is 2.24. The van der Waals surface area contributed by atoms with Crippen LogP contribution < -0.4 is 4.72 Å². The van der Waals surface area contributed by atoms with Gasteiger partial charge < -0.3 is 5.11 Å². The maximum absolute atomic E-state index is 12.2. The Morgan fingerprint density at radius 2 is 1.89 bits per heavy atom. The summed E-state index contributed by atoms with van der Waals surface area (Å²) >= 11 is 11.7. The Morgan fingerprint density at radius 3 is 2.33 bits per heavy atom. The molecule has 0 amide bonds. The topological polar surface area (TPSA) is 66.4 Å². The second-order valence-electron chi connectivity index (χ2n) is 3.79. The van der Waals surface area contributed by atoms with Crippen LogP contribution in [0.2, 0.25) is 10.0 Å². The molecule has 0 aliphatic heterocycles. The quantitative estimate of drug-likeness (QED) is 0.848. The van der Waals surface area contributed by atoms with E-state index in [1.54, 1.807) is 6.07 Å². The molecule has 4 nitrogen and oxygen atoms in total. The zero-order valence-electron chi connectivity index (χ0n) is 9.86. The van der Waals surface area contributed by atoms with Crippen molar-refractivity contribution in [2.45, 2.75) is 30.7 Å². The third kappa shape index (κ3) is 3.83. The summed E-state index contributed by atoms with van der Waals surface area (Å²) in [4.78, 5) is -0.121. The summed E-state index contributed by atoms with van der Waals surface area (Å²) in [5.41, 5.74) is 0. The molecule has 7 heteroatoms. The lowest BCUT2D eigenvalue weighted by Crippen LogP contribution is -2.35. The van der Waals surface area contributed by atoms with E-state index in [2.05, 4.69) is 4.72 Å². The zero-order valence-corrected chi connectivity index (χ0v) is 12.2. The van der Waals surface area contributed by atoms with Gasteiger partial charge in [-0.25, -0.2) is 13.1 Å². The molecule has 1 atom stereocenters. The van der Waals surface area contributed by atoms with E-state index in [0.29, 0.717) is 12.8 Å². The molecule has 0 saturated heterocycles. The highest BCUT2D eigenvalue weighted by molar-refractivity contribution is 7.89. The van der Waals surface area contributed by atoms with Crippen molar-refractivity contribution in [3.05, 3.63) is 28.2 Å². The molecular weight excluding hydrogens is 297 g/mol. The van der Waals surface area contributed by atoms with Gasteiger partial charge >= 0.3 is 0 Å². The van der Waals surface area contributed by atoms with Gasteiger partial charge in [-0.2, -0.15) is 0 Å². The van der Waals surface area contributed by atoms with Crippen molar-refractivity contribution in [1.82, 2.24) is 4.72 Å². The highest BCUT2D eigenvalue weighted by atomic mass is 35.5. The van der Waals surface area contributed by atoms with Gasteiger partial charge in [0.15, 0.2) is 0 Å². The lowest BCUT2D eigenvalue weighted by Gasteiger charge is -2.17. The molecule has 1 unspecified atom stereocenters. The van der Waals surface area contributed by atoms with Gasteiger partial charge in [-0.15, -0.1) is 0 Å². The molecular formula is C11H15Cl2NO3S. The van der Waals surface area contributed by atoms with E-state index in [4.69, 9.17) is 28.3 Å². The van der Waals surface area contributed by atoms with Gasteiger partial charge in [0.1, 0.15) is 4.90 Å². The number of hydrogen-bond donors (Lipinski definition) is 2. The molecule has 1 rings (SSSR count). The van der Waals surface area contributed by atoms with Crippen molar-refractivity contribution in [3.8, 4) is 0 Å². The number of hydrogen-bond acceptors (Lipinski definition) is 3. The van der Waals surface area contributed by atoms with E-state index in [-0.39, 0.29) is 27.6 Å². The molecule has 18 heavy (non-hydrogen) atoms. The Kier molecular flexibility index (Phi) is 5.88. The first-order chi connectivity index (χ1) is 8.42. The molecule has 0 spiro atoms. The molecule has 0 radical (unpaired) electrons. The summed E-state index contributed by atoms with van der Waals surface area (Å²) in [5.74, 6) is 0. The lowest BCUT2D eigenvalue weighted by molar-refractivity contribution is 0.270. The molecule has 102 valence electrons. The van der Waals surface area contributed by atoms with E-state index in [0.717, 1.165) is 0 Å². The van der Waals surface area contributed by atoms with Crippen molar-refractivity contribution in [1.29, 1.82) is 0 Å². The number of benzene rings is 1. The molecule has 0 heterocycles. The predicted molar refractivity (Wildman–Crippen MR) is 72.6 cm³/mol. The summed E-state index contributed by atoms with van der Waals surface area (Å²) in [6, 6.07) is 4.17. The molecule has 0 bridgehead atoms. The molecule has 1 aromatic rings. The fourth-order valence-electron chi connectivity index (χ4n) is 1.52. The van der Waals surface area contributed by atoms with Crippen molar-refractivity contribution in [2.24, 2.45) is 0 Å². The Balaban J connectivity index is 3.06. The molecule has 2 N–H and O–H groups in total. The van der Waals surface area contributed by atoms with E-state index in [1.165, 1.54) is 12.1 Å². The standard InChI is InChI=1S/C11H15Cl2NO3S/c1-2-8(6-7-15)14-18(16,17)11-9(12)4-3-5-10(11)13/h3-5,8,14-15H,2,6-7H2,1H3. The van der Waals surface area contributed by atoms with Gasteiger partial charge in [0.25, 0.3) is 0 Å². The van der Waals surface area contributed by atoms with Gasteiger partial charge in [-0.1, -0.05) is 36.2 Å². The fourth-order valence-corrected chi connectivity index (χ4v) is 4.02. The van der Waals surface area contributed by atoms with Crippen LogP contribution in [-0.2, 0) is 10.0 Å². The number of sulfonamides is 1. The summed E-state index contributed by atoms with van der Waals surface area (Å²) in [6.45, 7) is 1.74. The zero-order chi connectivity index (χ0) is 13.8. The van der Waals surface area contributed by atoms with Crippen LogP contribution in [-0.4, -0.2) is 26.2 Å². The minimum Gasteiger partial charge on any atom is -0.396 e. The van der Waals surface area contributed by atoms with Crippen molar-refractivity contribution >= 4 is 33.2 Å². The predicted octanol–water partition coefficient (Wildman–Crippen LogP) is 2.43. The molecule has 0 saturated carbocycles. The second-order valence-corrected chi connectivity index (χ2v) is 6.25. The Labute approximate surface area is 117 Å². The smallest absolute Gasteiger partial charge is 0.243 e. The van der Waals surface area contributed by atoms with E-state index in [1.807, 2.05) is 6.92 Å². The van der Waals surface area contributed by atoms with Crippen LogP contribution in [0.1, 0.15) is 19.8 Å². The van der Waals surface area contributed by atoms with Gasteiger partial charge in [0, 0.05) is 12.6 Å². The number of rotatable bonds is 6. The van der Waals surface area contributed by atoms with E-state index < -0.39 is 10.0 Å². The first-order valence-corrected chi connectivity index (χ1v) is 7.73. The highest BCUT2D eigenvalue weighted by Crippen LogP contribution is 2.29. The van der Waals surface area contributed by atoms with Crippen LogP contribution >= 0.6 is 23.2 Å². The summed E-state index contributed by atoms with van der Waals surface area (Å²) in [7, 11) is -3.78.